The zero-order chi connectivity index (χ0) is 13.1. The van der Waals surface area contributed by atoms with Crippen molar-refractivity contribution in [1.82, 2.24) is 0 Å². The average molecular weight is 284 g/mol. The molecule has 1 aliphatic rings. The van der Waals surface area contributed by atoms with Crippen molar-refractivity contribution in [1.29, 1.82) is 0 Å². The molecule has 3 heteroatoms. The summed E-state index contributed by atoms with van der Waals surface area (Å²) in [7, 11) is 0. The lowest BCUT2D eigenvalue weighted by Crippen LogP contribution is -2.20. The minimum absolute atomic E-state index is 0.681. The molecule has 0 bridgehead atoms. The number of hydrogen-bond acceptors (Lipinski definition) is 1. The normalized spacial score (nSPS) is 23.7. The van der Waals surface area contributed by atoms with Gasteiger partial charge in [0, 0.05) is 11.6 Å². The molecule has 0 heterocycles. The molecule has 0 aliphatic heterocycles. The fraction of sp³-hybridized carbons (Fsp3) is 0.467. The first kappa shape index (κ1) is 13.8. The van der Waals surface area contributed by atoms with E-state index in [1.165, 1.54) is 18.4 Å². The Balaban J connectivity index is 1.96. The van der Waals surface area contributed by atoms with Gasteiger partial charge in [-0.2, -0.15) is 0 Å². The Kier molecular flexibility index (Phi) is 4.58. The van der Waals surface area contributed by atoms with E-state index in [9.17, 15) is 0 Å². The van der Waals surface area contributed by atoms with Crippen LogP contribution < -0.4 is 5.32 Å². The molecule has 0 saturated heterocycles. The summed E-state index contributed by atoms with van der Waals surface area (Å²) in [5.41, 5.74) is 2.43. The van der Waals surface area contributed by atoms with Crippen LogP contribution in [0.3, 0.4) is 0 Å². The second-order valence-corrected chi connectivity index (χ2v) is 6.14. The van der Waals surface area contributed by atoms with Crippen molar-refractivity contribution >= 4 is 28.9 Å². The number of halogens is 2. The Morgan fingerprint density at radius 3 is 2.83 bits per heavy atom. The van der Waals surface area contributed by atoms with Gasteiger partial charge >= 0.3 is 0 Å². The summed E-state index contributed by atoms with van der Waals surface area (Å²) in [4.78, 5) is 0. The number of allylic oxidation sites excluding steroid dienone is 2. The van der Waals surface area contributed by atoms with Crippen LogP contribution in [0.5, 0.6) is 0 Å². The fourth-order valence-corrected chi connectivity index (χ4v) is 3.09. The predicted octanol–water partition coefficient (Wildman–Crippen LogP) is 5.40. The van der Waals surface area contributed by atoms with Crippen LogP contribution in [0.1, 0.15) is 26.7 Å². The van der Waals surface area contributed by atoms with Gasteiger partial charge < -0.3 is 5.32 Å². The van der Waals surface area contributed by atoms with E-state index >= 15 is 0 Å². The van der Waals surface area contributed by atoms with Crippen LogP contribution in [-0.4, -0.2) is 6.54 Å². The van der Waals surface area contributed by atoms with Crippen molar-refractivity contribution in [2.24, 2.45) is 11.8 Å². The van der Waals surface area contributed by atoms with E-state index in [-0.39, 0.29) is 0 Å². The standard InChI is InChI=1S/C15H19Cl2N/c1-10-5-11(2)7-12(6-10)9-18-15-8-13(16)3-4-14(15)17/h3-5,8,10,12,18H,6-7,9H2,1-2H3. The summed E-state index contributed by atoms with van der Waals surface area (Å²) in [5, 5.41) is 4.87. The molecule has 1 aromatic carbocycles. The predicted molar refractivity (Wildman–Crippen MR) is 80.6 cm³/mol. The number of rotatable bonds is 3. The lowest BCUT2D eigenvalue weighted by atomic mass is 9.84. The zero-order valence-corrected chi connectivity index (χ0v) is 12.4. The van der Waals surface area contributed by atoms with Gasteiger partial charge in [-0.15, -0.1) is 0 Å². The highest BCUT2D eigenvalue weighted by Crippen LogP contribution is 2.30. The Bertz CT molecular complexity index is 454. The van der Waals surface area contributed by atoms with Crippen LogP contribution in [0.25, 0.3) is 0 Å². The van der Waals surface area contributed by atoms with Gasteiger partial charge in [-0.25, -0.2) is 0 Å². The minimum Gasteiger partial charge on any atom is -0.384 e. The fourth-order valence-electron chi connectivity index (χ4n) is 2.73. The number of nitrogens with one attached hydrogen (secondary N) is 1. The highest BCUT2D eigenvalue weighted by atomic mass is 35.5. The second kappa shape index (κ2) is 5.99. The quantitative estimate of drug-likeness (QED) is 0.733. The van der Waals surface area contributed by atoms with Crippen molar-refractivity contribution in [3.8, 4) is 0 Å². The minimum atomic E-state index is 0.681. The molecule has 0 amide bonds. The molecular formula is C15H19Cl2N. The van der Waals surface area contributed by atoms with Crippen molar-refractivity contribution in [3.05, 3.63) is 39.9 Å². The topological polar surface area (TPSA) is 12.0 Å². The third kappa shape index (κ3) is 3.66. The maximum Gasteiger partial charge on any atom is 0.0638 e. The second-order valence-electron chi connectivity index (χ2n) is 5.30. The molecule has 18 heavy (non-hydrogen) atoms. The highest BCUT2D eigenvalue weighted by molar-refractivity contribution is 6.35. The van der Waals surface area contributed by atoms with E-state index in [1.807, 2.05) is 18.2 Å². The van der Waals surface area contributed by atoms with Crippen molar-refractivity contribution < 1.29 is 0 Å². The van der Waals surface area contributed by atoms with Crippen LogP contribution >= 0.6 is 23.2 Å². The number of hydrogen-bond donors (Lipinski definition) is 1. The van der Waals surface area contributed by atoms with E-state index in [4.69, 9.17) is 23.2 Å². The monoisotopic (exact) mass is 283 g/mol. The van der Waals surface area contributed by atoms with Gasteiger partial charge in [0.25, 0.3) is 0 Å². The molecule has 0 saturated carbocycles. The molecule has 0 radical (unpaired) electrons. The van der Waals surface area contributed by atoms with E-state index in [2.05, 4.69) is 25.2 Å². The van der Waals surface area contributed by atoms with Crippen molar-refractivity contribution in [3.63, 3.8) is 0 Å². The Morgan fingerprint density at radius 1 is 1.33 bits per heavy atom. The van der Waals surface area contributed by atoms with Crippen LogP contribution in [-0.2, 0) is 0 Å². The first-order valence-electron chi connectivity index (χ1n) is 6.41. The Morgan fingerprint density at radius 2 is 2.11 bits per heavy atom. The maximum atomic E-state index is 6.14. The van der Waals surface area contributed by atoms with Crippen LogP contribution in [0, 0.1) is 11.8 Å². The van der Waals surface area contributed by atoms with Gasteiger partial charge in [-0.1, -0.05) is 41.8 Å². The van der Waals surface area contributed by atoms with E-state index in [0.29, 0.717) is 11.8 Å². The molecule has 1 aliphatic carbocycles. The molecule has 0 spiro atoms. The Labute approximate surface area is 119 Å². The molecule has 2 unspecified atom stereocenters. The van der Waals surface area contributed by atoms with E-state index in [0.717, 1.165) is 22.3 Å². The van der Waals surface area contributed by atoms with Crippen LogP contribution in [0.2, 0.25) is 10.0 Å². The van der Waals surface area contributed by atoms with E-state index < -0.39 is 0 Å². The van der Waals surface area contributed by atoms with Gasteiger partial charge in [0.1, 0.15) is 0 Å². The molecule has 2 atom stereocenters. The highest BCUT2D eigenvalue weighted by Gasteiger charge is 2.18. The lowest BCUT2D eigenvalue weighted by molar-refractivity contribution is 0.421. The van der Waals surface area contributed by atoms with Crippen molar-refractivity contribution in [2.45, 2.75) is 26.7 Å². The first-order valence-corrected chi connectivity index (χ1v) is 7.16. The molecule has 2 rings (SSSR count). The third-order valence-electron chi connectivity index (χ3n) is 3.39. The van der Waals surface area contributed by atoms with Gasteiger partial charge in [-0.05, 0) is 49.8 Å². The third-order valence-corrected chi connectivity index (χ3v) is 3.96. The zero-order valence-electron chi connectivity index (χ0n) is 10.8. The summed E-state index contributed by atoms with van der Waals surface area (Å²) >= 11 is 12.1. The Hall–Kier alpha value is -0.660. The van der Waals surface area contributed by atoms with Crippen molar-refractivity contribution in [2.75, 3.05) is 11.9 Å². The molecule has 0 fully saturated rings. The van der Waals surface area contributed by atoms with Gasteiger partial charge in [0.15, 0.2) is 0 Å². The number of benzene rings is 1. The van der Waals surface area contributed by atoms with Gasteiger partial charge in [0.2, 0.25) is 0 Å². The van der Waals surface area contributed by atoms with E-state index in [1.54, 1.807) is 0 Å². The summed E-state index contributed by atoms with van der Waals surface area (Å²) in [6.07, 6.45) is 4.79. The SMILES string of the molecule is CC1=CC(C)CC(CNc2cc(Cl)ccc2Cl)C1. The average Bonchev–Trinajstić information content (AvgIpc) is 2.29. The maximum absolute atomic E-state index is 6.14. The molecule has 1 nitrogen and oxygen atoms in total. The molecule has 98 valence electrons. The molecule has 1 N–H and O–H groups in total. The summed E-state index contributed by atoms with van der Waals surface area (Å²) in [6.45, 7) is 5.45. The van der Waals surface area contributed by atoms with Crippen LogP contribution in [0.15, 0.2) is 29.8 Å². The lowest BCUT2D eigenvalue weighted by Gasteiger charge is -2.26. The smallest absolute Gasteiger partial charge is 0.0638 e. The number of anilines is 1. The van der Waals surface area contributed by atoms with Gasteiger partial charge in [-0.3, -0.25) is 0 Å². The summed E-state index contributed by atoms with van der Waals surface area (Å²) in [6, 6.07) is 5.53. The molecule has 0 aromatic heterocycles. The first-order chi connectivity index (χ1) is 8.54. The summed E-state index contributed by atoms with van der Waals surface area (Å²) in [5.74, 6) is 1.36. The molecule has 1 aromatic rings. The largest absolute Gasteiger partial charge is 0.384 e. The summed E-state index contributed by atoms with van der Waals surface area (Å²) < 4.78 is 0. The van der Waals surface area contributed by atoms with Gasteiger partial charge in [0.05, 0.1) is 10.7 Å². The molecular weight excluding hydrogens is 265 g/mol. The van der Waals surface area contributed by atoms with Crippen LogP contribution in [0.4, 0.5) is 5.69 Å².